The van der Waals surface area contributed by atoms with E-state index in [0.29, 0.717) is 0 Å². The highest BCUT2D eigenvalue weighted by Crippen LogP contribution is 2.44. The molecule has 1 aromatic heterocycles. The molecule has 182 valence electrons. The zero-order chi connectivity index (χ0) is 25.8. The van der Waals surface area contributed by atoms with Crippen molar-refractivity contribution in [3.63, 3.8) is 0 Å². The second-order valence-electron chi connectivity index (χ2n) is 10.1. The summed E-state index contributed by atoms with van der Waals surface area (Å²) in [4.78, 5) is 0. The van der Waals surface area contributed by atoms with Crippen molar-refractivity contribution in [3.05, 3.63) is 152 Å². The molecule has 0 bridgehead atoms. The van der Waals surface area contributed by atoms with Crippen molar-refractivity contribution in [1.29, 1.82) is 0 Å². The zero-order valence-electron chi connectivity index (χ0n) is 21.4. The van der Waals surface area contributed by atoms with Gasteiger partial charge < -0.3 is 4.57 Å². The van der Waals surface area contributed by atoms with Crippen LogP contribution in [0.1, 0.15) is 0 Å². The summed E-state index contributed by atoms with van der Waals surface area (Å²) in [5.74, 6) is 0. The third-order valence-corrected chi connectivity index (χ3v) is 7.97. The first-order valence-electron chi connectivity index (χ1n) is 13.5. The maximum absolute atomic E-state index is 2.48. The number of benzene rings is 7. The molecule has 1 nitrogen and oxygen atoms in total. The second-order valence-corrected chi connectivity index (χ2v) is 10.1. The predicted molar refractivity (Wildman–Crippen MR) is 167 cm³/mol. The molecule has 0 saturated heterocycles. The van der Waals surface area contributed by atoms with Crippen LogP contribution in [0.2, 0.25) is 0 Å². The minimum absolute atomic E-state index is 1.23. The average Bonchev–Trinajstić information content (AvgIpc) is 3.34. The molecule has 0 fully saturated rings. The van der Waals surface area contributed by atoms with E-state index in [1.54, 1.807) is 0 Å². The highest BCUT2D eigenvalue weighted by molar-refractivity contribution is 6.21. The van der Waals surface area contributed by atoms with Crippen molar-refractivity contribution in [1.82, 2.24) is 4.57 Å². The van der Waals surface area contributed by atoms with Crippen LogP contribution in [0.15, 0.2) is 152 Å². The van der Waals surface area contributed by atoms with Gasteiger partial charge in [0.2, 0.25) is 0 Å². The molecule has 0 aliphatic carbocycles. The first-order chi connectivity index (χ1) is 19.4. The van der Waals surface area contributed by atoms with E-state index in [1.165, 1.54) is 71.3 Å². The van der Waals surface area contributed by atoms with E-state index in [9.17, 15) is 0 Å². The largest absolute Gasteiger partial charge is 0.308 e. The Morgan fingerprint density at radius 2 is 0.795 bits per heavy atom. The summed E-state index contributed by atoms with van der Waals surface area (Å²) in [6.07, 6.45) is 0. The molecule has 1 heteroatoms. The van der Waals surface area contributed by atoms with Crippen molar-refractivity contribution in [2.45, 2.75) is 0 Å². The normalized spacial score (nSPS) is 11.6. The molecule has 7 aromatic carbocycles. The molecule has 8 rings (SSSR count). The van der Waals surface area contributed by atoms with Crippen molar-refractivity contribution in [3.8, 4) is 27.9 Å². The molecule has 0 N–H and O–H groups in total. The van der Waals surface area contributed by atoms with E-state index < -0.39 is 0 Å². The minimum Gasteiger partial charge on any atom is -0.308 e. The highest BCUT2D eigenvalue weighted by Gasteiger charge is 2.20. The van der Waals surface area contributed by atoms with Gasteiger partial charge in [0.25, 0.3) is 0 Å². The predicted octanol–water partition coefficient (Wildman–Crippen LogP) is 10.4. The zero-order valence-corrected chi connectivity index (χ0v) is 21.4. The number of para-hydroxylation sites is 2. The number of hydrogen-bond acceptors (Lipinski definition) is 0. The van der Waals surface area contributed by atoms with Gasteiger partial charge in [0.05, 0.1) is 16.7 Å². The summed E-state index contributed by atoms with van der Waals surface area (Å²) in [7, 11) is 0. The lowest BCUT2D eigenvalue weighted by Crippen LogP contribution is -1.99. The first kappa shape index (κ1) is 21.9. The molecule has 0 radical (unpaired) electrons. The van der Waals surface area contributed by atoms with Crippen molar-refractivity contribution in [2.75, 3.05) is 0 Å². The third kappa shape index (κ3) is 3.34. The Balaban J connectivity index is 1.60. The van der Waals surface area contributed by atoms with E-state index in [0.717, 1.165) is 0 Å². The molecule has 39 heavy (non-hydrogen) atoms. The number of aromatic nitrogens is 1. The Hall–Kier alpha value is -5.14. The molecular weight excluding hydrogens is 470 g/mol. The first-order valence-corrected chi connectivity index (χ1v) is 13.5. The van der Waals surface area contributed by atoms with Gasteiger partial charge >= 0.3 is 0 Å². The molecule has 0 spiro atoms. The van der Waals surface area contributed by atoms with Crippen molar-refractivity contribution < 1.29 is 0 Å². The van der Waals surface area contributed by atoms with Crippen LogP contribution in [0.3, 0.4) is 0 Å². The van der Waals surface area contributed by atoms with Crippen LogP contribution in [-0.2, 0) is 0 Å². The highest BCUT2D eigenvalue weighted by atomic mass is 15.0. The van der Waals surface area contributed by atoms with Gasteiger partial charge in [-0.1, -0.05) is 133 Å². The van der Waals surface area contributed by atoms with E-state index >= 15 is 0 Å². The van der Waals surface area contributed by atoms with Gasteiger partial charge in [-0.25, -0.2) is 0 Å². The molecule has 0 unspecified atom stereocenters. The van der Waals surface area contributed by atoms with Gasteiger partial charge in [0.1, 0.15) is 0 Å². The van der Waals surface area contributed by atoms with E-state index in [1.807, 2.05) is 0 Å². The third-order valence-electron chi connectivity index (χ3n) is 7.97. The monoisotopic (exact) mass is 495 g/mol. The Morgan fingerprint density at radius 1 is 0.308 bits per heavy atom. The maximum atomic E-state index is 2.48. The fourth-order valence-electron chi connectivity index (χ4n) is 6.29. The lowest BCUT2D eigenvalue weighted by Gasteiger charge is -2.20. The lowest BCUT2D eigenvalue weighted by atomic mass is 9.88. The number of fused-ring (bicyclic) bond motifs is 5. The van der Waals surface area contributed by atoms with Crippen LogP contribution in [0.25, 0.3) is 71.3 Å². The van der Waals surface area contributed by atoms with Crippen molar-refractivity contribution >= 4 is 43.4 Å². The molecule has 0 amide bonds. The van der Waals surface area contributed by atoms with E-state index in [2.05, 4.69) is 156 Å². The standard InChI is InChI=1S/C38H25N/c1-3-13-26(14-4-1)28-23-24-33-34(25-28)37(27-15-5-2-6-16-27)31-19-7-8-20-32(31)38(33)39-35-21-11-9-17-29(35)30-18-10-12-22-36(30)39/h1-25H. The van der Waals surface area contributed by atoms with Crippen LogP contribution in [0, 0.1) is 0 Å². The summed E-state index contributed by atoms with van der Waals surface area (Å²) in [6, 6.07) is 55.0. The Bertz CT molecular complexity index is 2100. The molecule has 8 aromatic rings. The van der Waals surface area contributed by atoms with Gasteiger partial charge in [-0.15, -0.1) is 0 Å². The number of rotatable bonds is 3. The average molecular weight is 496 g/mol. The molecule has 0 aliphatic heterocycles. The number of nitrogens with zero attached hydrogens (tertiary/aromatic N) is 1. The molecule has 0 atom stereocenters. The Morgan fingerprint density at radius 3 is 1.44 bits per heavy atom. The Kier molecular flexibility index (Phi) is 4.89. The minimum atomic E-state index is 1.23. The van der Waals surface area contributed by atoms with Gasteiger partial charge in [0.15, 0.2) is 0 Å². The fourth-order valence-corrected chi connectivity index (χ4v) is 6.29. The Labute approximate surface area is 227 Å². The summed E-state index contributed by atoms with van der Waals surface area (Å²) in [5.41, 5.74) is 8.65. The van der Waals surface area contributed by atoms with Crippen LogP contribution in [-0.4, -0.2) is 4.57 Å². The van der Waals surface area contributed by atoms with Crippen LogP contribution < -0.4 is 0 Å². The fraction of sp³-hybridized carbons (Fsp3) is 0. The lowest BCUT2D eigenvalue weighted by molar-refractivity contribution is 1.21. The second kappa shape index (κ2) is 8.72. The maximum Gasteiger partial charge on any atom is 0.0619 e. The SMILES string of the molecule is c1ccc(-c2ccc3c(-n4c5ccccc5c5ccccc54)c4ccccc4c(-c4ccccc4)c3c2)cc1. The van der Waals surface area contributed by atoms with Gasteiger partial charge in [-0.3, -0.25) is 0 Å². The summed E-state index contributed by atoms with van der Waals surface area (Å²) in [5, 5.41) is 7.58. The molecular formula is C38H25N. The van der Waals surface area contributed by atoms with E-state index in [-0.39, 0.29) is 0 Å². The van der Waals surface area contributed by atoms with Gasteiger partial charge in [-0.05, 0) is 51.2 Å². The molecule has 1 heterocycles. The van der Waals surface area contributed by atoms with Crippen molar-refractivity contribution in [2.24, 2.45) is 0 Å². The summed E-state index contributed by atoms with van der Waals surface area (Å²) >= 11 is 0. The van der Waals surface area contributed by atoms with Crippen LogP contribution >= 0.6 is 0 Å². The number of hydrogen-bond donors (Lipinski definition) is 0. The smallest absolute Gasteiger partial charge is 0.0619 e. The molecule has 0 saturated carbocycles. The quantitative estimate of drug-likeness (QED) is 0.215. The van der Waals surface area contributed by atoms with E-state index in [4.69, 9.17) is 0 Å². The van der Waals surface area contributed by atoms with Crippen LogP contribution in [0.4, 0.5) is 0 Å². The summed E-state index contributed by atoms with van der Waals surface area (Å²) < 4.78 is 2.48. The van der Waals surface area contributed by atoms with Gasteiger partial charge in [0, 0.05) is 21.5 Å². The summed E-state index contributed by atoms with van der Waals surface area (Å²) in [6.45, 7) is 0. The topological polar surface area (TPSA) is 4.93 Å². The molecule has 0 aliphatic rings. The van der Waals surface area contributed by atoms with Crippen LogP contribution in [0.5, 0.6) is 0 Å². The van der Waals surface area contributed by atoms with Gasteiger partial charge in [-0.2, -0.15) is 0 Å².